The highest BCUT2D eigenvalue weighted by atomic mass is 32.2. The lowest BCUT2D eigenvalue weighted by atomic mass is 9.90. The number of carbonyl (C=O) groups is 1. The Labute approximate surface area is 254 Å². The summed E-state index contributed by atoms with van der Waals surface area (Å²) in [4.78, 5) is 20.8. The van der Waals surface area contributed by atoms with Gasteiger partial charge in [0.05, 0.1) is 30.6 Å². The van der Waals surface area contributed by atoms with E-state index in [-0.39, 0.29) is 30.2 Å². The number of carbonyl (C=O) groups excluding carboxylic acids is 1. The van der Waals surface area contributed by atoms with Gasteiger partial charge in [0.15, 0.2) is 10.7 Å². The number of imidazole rings is 1. The Morgan fingerprint density at radius 1 is 1.24 bits per heavy atom. The second-order valence-electron chi connectivity index (χ2n) is 10.2. The first-order valence-electron chi connectivity index (χ1n) is 13.2. The number of nitrogens with zero attached hydrogens (tertiary/aromatic N) is 8. The van der Waals surface area contributed by atoms with Crippen molar-refractivity contribution < 1.29 is 26.4 Å². The van der Waals surface area contributed by atoms with Crippen molar-refractivity contribution in [1.82, 2.24) is 34.0 Å². The van der Waals surface area contributed by atoms with Gasteiger partial charge in [-0.15, -0.1) is 0 Å². The van der Waals surface area contributed by atoms with Crippen LogP contribution in [0.4, 0.5) is 23.7 Å². The highest BCUT2D eigenvalue weighted by Gasteiger charge is 2.49. The largest absolute Gasteiger partial charge is 0.405 e. The van der Waals surface area contributed by atoms with Crippen LogP contribution < -0.4 is 16.4 Å². The minimum absolute atomic E-state index is 0.00731. The number of aryl methyl sites for hydroxylation is 1. The maximum atomic E-state index is 12.9. The number of aliphatic imine (C=N–C) groups is 1. The highest BCUT2D eigenvalue weighted by Crippen LogP contribution is 2.33. The number of allylic oxidation sites excluding steroid dienone is 1. The SMILES string of the molecule is Cn1ccc(S(=O)(=O)N2CC(CC#N)(N=CC(=CN)c3cnn4c(-c5cccc(NC(=O)NCC(F)(F)F)c5)cnc4c3)C2)n1. The third-order valence-electron chi connectivity index (χ3n) is 6.86. The lowest BCUT2D eigenvalue weighted by molar-refractivity contribution is -0.122. The molecule has 4 heterocycles. The quantitative estimate of drug-likeness (QED) is 0.233. The standard InChI is InChI=1S/C27H26F3N11O3S/c1-39-8-5-24(38-39)45(43,44)40-16-26(17-40,6-7-31)35-12-20(11-32)19-10-23-33-14-22(41(23)36-13-19)18-3-2-4-21(9-18)37-25(42)34-15-27(28,29)30/h2-5,8-14H,6,15-17,32H2,1H3,(H2,34,37,42). The first-order valence-corrected chi connectivity index (χ1v) is 14.7. The number of sulfonamides is 1. The molecule has 0 saturated carbocycles. The maximum Gasteiger partial charge on any atom is 0.405 e. The average Bonchev–Trinajstić information content (AvgIpc) is 3.61. The van der Waals surface area contributed by atoms with Crippen LogP contribution in [0.3, 0.4) is 0 Å². The van der Waals surface area contributed by atoms with Gasteiger partial charge in [-0.25, -0.2) is 22.7 Å². The summed E-state index contributed by atoms with van der Waals surface area (Å²) in [7, 11) is -2.22. The van der Waals surface area contributed by atoms with Gasteiger partial charge in [-0.2, -0.15) is 32.9 Å². The number of nitriles is 1. The molecule has 1 fully saturated rings. The summed E-state index contributed by atoms with van der Waals surface area (Å²) in [6.07, 6.45) is 2.81. The van der Waals surface area contributed by atoms with Crippen LogP contribution in [0.15, 0.2) is 71.2 Å². The Balaban J connectivity index is 1.31. The molecule has 5 rings (SSSR count). The van der Waals surface area contributed by atoms with E-state index in [0.717, 1.165) is 0 Å². The summed E-state index contributed by atoms with van der Waals surface area (Å²) in [6.45, 7) is -1.48. The number of benzene rings is 1. The van der Waals surface area contributed by atoms with Crippen LogP contribution in [0.1, 0.15) is 12.0 Å². The van der Waals surface area contributed by atoms with E-state index in [4.69, 9.17) is 5.73 Å². The van der Waals surface area contributed by atoms with E-state index in [1.807, 2.05) is 0 Å². The van der Waals surface area contributed by atoms with Gasteiger partial charge in [0, 0.05) is 61.1 Å². The zero-order valence-corrected chi connectivity index (χ0v) is 24.4. The van der Waals surface area contributed by atoms with Gasteiger partial charge < -0.3 is 16.4 Å². The van der Waals surface area contributed by atoms with E-state index in [1.54, 1.807) is 42.8 Å². The van der Waals surface area contributed by atoms with Crippen LogP contribution in [0.5, 0.6) is 0 Å². The zero-order valence-electron chi connectivity index (χ0n) is 23.6. The molecule has 18 heteroatoms. The normalized spacial score (nSPS) is 15.6. The predicted molar refractivity (Wildman–Crippen MR) is 157 cm³/mol. The smallest absolute Gasteiger partial charge is 0.404 e. The molecule has 0 bridgehead atoms. The average molecular weight is 642 g/mol. The summed E-state index contributed by atoms with van der Waals surface area (Å²) in [5, 5.41) is 21.9. The van der Waals surface area contributed by atoms with E-state index < -0.39 is 34.3 Å². The molecule has 4 N–H and O–H groups in total. The molecule has 1 aliphatic rings. The summed E-state index contributed by atoms with van der Waals surface area (Å²) in [6, 6.07) is 10.6. The second-order valence-corrected chi connectivity index (χ2v) is 12.1. The van der Waals surface area contributed by atoms with Crippen molar-refractivity contribution in [1.29, 1.82) is 5.26 Å². The molecule has 14 nitrogen and oxygen atoms in total. The Morgan fingerprint density at radius 3 is 2.69 bits per heavy atom. The summed E-state index contributed by atoms with van der Waals surface area (Å²) < 4.78 is 67.1. The fraction of sp³-hybridized carbons (Fsp3) is 0.259. The molecule has 1 saturated heterocycles. The van der Waals surface area contributed by atoms with Crippen molar-refractivity contribution in [2.45, 2.75) is 23.2 Å². The maximum absolute atomic E-state index is 12.9. The number of nitrogens with one attached hydrogen (secondary N) is 2. The van der Waals surface area contributed by atoms with Crippen LogP contribution in [-0.2, 0) is 17.1 Å². The van der Waals surface area contributed by atoms with Crippen molar-refractivity contribution in [3.05, 3.63) is 66.8 Å². The van der Waals surface area contributed by atoms with Crippen molar-refractivity contribution in [3.63, 3.8) is 0 Å². The van der Waals surface area contributed by atoms with E-state index in [0.29, 0.717) is 28.0 Å². The van der Waals surface area contributed by atoms with Crippen molar-refractivity contribution in [3.8, 4) is 17.3 Å². The van der Waals surface area contributed by atoms with Gasteiger partial charge in [-0.1, -0.05) is 12.1 Å². The van der Waals surface area contributed by atoms with Gasteiger partial charge in [0.1, 0.15) is 12.1 Å². The van der Waals surface area contributed by atoms with Crippen LogP contribution >= 0.6 is 0 Å². The van der Waals surface area contributed by atoms with Gasteiger partial charge in [0.2, 0.25) is 0 Å². The molecule has 1 aliphatic heterocycles. The molecule has 0 aliphatic carbocycles. The number of hydrogen-bond acceptors (Lipinski definition) is 9. The monoisotopic (exact) mass is 641 g/mol. The fourth-order valence-electron chi connectivity index (χ4n) is 4.59. The Morgan fingerprint density at radius 2 is 2.02 bits per heavy atom. The van der Waals surface area contributed by atoms with Gasteiger partial charge in [0.25, 0.3) is 10.0 Å². The number of halogens is 3. The third kappa shape index (κ3) is 6.78. The van der Waals surface area contributed by atoms with E-state index in [9.17, 15) is 31.6 Å². The third-order valence-corrected chi connectivity index (χ3v) is 8.54. The molecular weight excluding hydrogens is 615 g/mol. The molecule has 0 radical (unpaired) electrons. The molecule has 45 heavy (non-hydrogen) atoms. The van der Waals surface area contributed by atoms with Crippen molar-refractivity contribution in [2.24, 2.45) is 17.8 Å². The Bertz CT molecular complexity index is 1950. The molecule has 0 spiro atoms. The van der Waals surface area contributed by atoms with Crippen LogP contribution in [0.2, 0.25) is 0 Å². The van der Waals surface area contributed by atoms with Gasteiger partial charge in [-0.05, 0) is 24.3 Å². The number of aromatic nitrogens is 5. The number of rotatable bonds is 9. The first kappa shape index (κ1) is 31.2. The molecular formula is C27H26F3N11O3S. The number of urea groups is 1. The minimum atomic E-state index is -4.54. The summed E-state index contributed by atoms with van der Waals surface area (Å²) in [5.74, 6) is 0. The Kier molecular flexibility index (Phi) is 8.32. The minimum Gasteiger partial charge on any atom is -0.404 e. The topological polar surface area (TPSA) is 189 Å². The summed E-state index contributed by atoms with van der Waals surface area (Å²) >= 11 is 0. The predicted octanol–water partition coefficient (Wildman–Crippen LogP) is 2.54. The van der Waals surface area contributed by atoms with E-state index >= 15 is 0 Å². The number of alkyl halides is 3. The first-order chi connectivity index (χ1) is 21.3. The Hall–Kier alpha value is -5.28. The zero-order chi connectivity index (χ0) is 32.4. The number of anilines is 1. The molecule has 3 aromatic heterocycles. The lowest BCUT2D eigenvalue weighted by Gasteiger charge is -2.44. The van der Waals surface area contributed by atoms with Crippen molar-refractivity contribution >= 4 is 39.2 Å². The molecule has 0 unspecified atom stereocenters. The van der Waals surface area contributed by atoms with Gasteiger partial charge in [-0.3, -0.25) is 9.67 Å². The molecule has 2 amide bonds. The van der Waals surface area contributed by atoms with E-state index in [2.05, 4.69) is 31.6 Å². The number of fused-ring (bicyclic) bond motifs is 1. The summed E-state index contributed by atoms with van der Waals surface area (Å²) in [5.41, 5.74) is 7.74. The van der Waals surface area contributed by atoms with E-state index in [1.165, 1.54) is 50.4 Å². The number of nitrogens with two attached hydrogens (primary N) is 1. The van der Waals surface area contributed by atoms with Gasteiger partial charge >= 0.3 is 12.2 Å². The second kappa shape index (κ2) is 12.0. The molecule has 4 aromatic rings. The fourth-order valence-corrected chi connectivity index (χ4v) is 6.14. The van der Waals surface area contributed by atoms with Crippen molar-refractivity contribution in [2.75, 3.05) is 25.0 Å². The number of hydrogen-bond donors (Lipinski definition) is 3. The molecule has 1 aromatic carbocycles. The number of amides is 2. The van der Waals surface area contributed by atoms with Crippen LogP contribution in [0, 0.1) is 11.3 Å². The molecule has 0 atom stereocenters. The van der Waals surface area contributed by atoms with Crippen LogP contribution in [-0.4, -0.2) is 80.7 Å². The highest BCUT2D eigenvalue weighted by molar-refractivity contribution is 7.89. The lowest BCUT2D eigenvalue weighted by Crippen LogP contribution is -2.62. The van der Waals surface area contributed by atoms with Crippen LogP contribution in [0.25, 0.3) is 22.5 Å². The molecule has 234 valence electrons.